The van der Waals surface area contributed by atoms with E-state index in [9.17, 15) is 4.79 Å². The van der Waals surface area contributed by atoms with Gasteiger partial charge in [-0.25, -0.2) is 0 Å². The van der Waals surface area contributed by atoms with E-state index in [2.05, 4.69) is 15.5 Å². The minimum atomic E-state index is -0.427. The fourth-order valence-electron chi connectivity index (χ4n) is 1.68. The number of aromatic nitrogens is 2. The van der Waals surface area contributed by atoms with Crippen LogP contribution in [0.25, 0.3) is 0 Å². The van der Waals surface area contributed by atoms with Crippen molar-refractivity contribution in [3.8, 4) is 0 Å². The van der Waals surface area contributed by atoms with Crippen LogP contribution in [0, 0.1) is 5.41 Å². The number of nitrogens with zero attached hydrogens (tertiary/aromatic N) is 2. The minimum Gasteiger partial charge on any atom is -0.468 e. The molecule has 1 aromatic rings. The Morgan fingerprint density at radius 1 is 1.30 bits per heavy atom. The molecule has 1 unspecified atom stereocenters. The molecule has 20 heavy (non-hydrogen) atoms. The van der Waals surface area contributed by atoms with Gasteiger partial charge >= 0.3 is 5.97 Å². The number of methoxy groups -OCH3 is 1. The Labute approximate surface area is 120 Å². The van der Waals surface area contributed by atoms with Crippen molar-refractivity contribution >= 4 is 5.97 Å². The molecule has 1 N–H and O–H groups in total. The van der Waals surface area contributed by atoms with Crippen molar-refractivity contribution in [2.75, 3.05) is 7.11 Å². The van der Waals surface area contributed by atoms with Crippen LogP contribution in [0.5, 0.6) is 0 Å². The Balaban J connectivity index is 2.74. The summed E-state index contributed by atoms with van der Waals surface area (Å²) >= 11 is 0. The second kappa shape index (κ2) is 5.91. The molecule has 0 saturated carbocycles. The molecule has 0 aliphatic carbocycles. The largest absolute Gasteiger partial charge is 0.468 e. The molecule has 0 bridgehead atoms. The van der Waals surface area contributed by atoms with Crippen LogP contribution in [0.1, 0.15) is 53.3 Å². The zero-order valence-electron chi connectivity index (χ0n) is 13.4. The lowest BCUT2D eigenvalue weighted by molar-refractivity contribution is -0.146. The van der Waals surface area contributed by atoms with Crippen LogP contribution in [0.15, 0.2) is 4.52 Å². The van der Waals surface area contributed by atoms with Gasteiger partial charge in [0.15, 0.2) is 5.82 Å². The summed E-state index contributed by atoms with van der Waals surface area (Å²) in [6.07, 6.45) is 0. The van der Waals surface area contributed by atoms with Crippen LogP contribution >= 0.6 is 0 Å². The first-order valence-corrected chi connectivity index (χ1v) is 6.70. The van der Waals surface area contributed by atoms with Gasteiger partial charge in [0.05, 0.1) is 13.7 Å². The third-order valence-corrected chi connectivity index (χ3v) is 2.88. The maximum atomic E-state index is 11.8. The van der Waals surface area contributed by atoms with E-state index in [-0.39, 0.29) is 16.8 Å². The SMILES string of the molecule is COC(=O)C(NCc1noc(C(C)(C)C)n1)C(C)(C)C. The standard InChI is InChI=1S/C14H25N3O3/c1-13(2,3)10(11(18)19-7)15-8-9-16-12(20-17-9)14(4,5)6/h10,15H,8H2,1-7H3. The Morgan fingerprint density at radius 2 is 1.90 bits per heavy atom. The molecule has 0 fully saturated rings. The second-order valence-electron chi connectivity index (χ2n) is 6.97. The quantitative estimate of drug-likeness (QED) is 0.852. The summed E-state index contributed by atoms with van der Waals surface area (Å²) in [6, 6.07) is -0.427. The van der Waals surface area contributed by atoms with E-state index >= 15 is 0 Å². The molecule has 0 radical (unpaired) electrons. The lowest BCUT2D eigenvalue weighted by atomic mass is 9.87. The Morgan fingerprint density at radius 3 is 2.30 bits per heavy atom. The number of rotatable bonds is 4. The van der Waals surface area contributed by atoms with E-state index in [0.29, 0.717) is 18.3 Å². The number of carbonyl (C=O) groups excluding carboxylic acids is 1. The minimum absolute atomic E-state index is 0.184. The monoisotopic (exact) mass is 283 g/mol. The average molecular weight is 283 g/mol. The molecule has 1 aromatic heterocycles. The highest BCUT2D eigenvalue weighted by Crippen LogP contribution is 2.22. The van der Waals surface area contributed by atoms with Crippen LogP contribution in [-0.4, -0.2) is 29.3 Å². The van der Waals surface area contributed by atoms with Gasteiger partial charge in [0.1, 0.15) is 6.04 Å². The summed E-state index contributed by atoms with van der Waals surface area (Å²) in [5.74, 6) is 0.824. The molecule has 1 atom stereocenters. The van der Waals surface area contributed by atoms with E-state index < -0.39 is 6.04 Å². The number of nitrogens with one attached hydrogen (secondary N) is 1. The number of carbonyl (C=O) groups is 1. The highest BCUT2D eigenvalue weighted by molar-refractivity contribution is 5.76. The predicted molar refractivity (Wildman–Crippen MR) is 75.1 cm³/mol. The van der Waals surface area contributed by atoms with Gasteiger partial charge in [-0.15, -0.1) is 0 Å². The molecule has 0 aromatic carbocycles. The van der Waals surface area contributed by atoms with Crippen molar-refractivity contribution in [2.24, 2.45) is 5.41 Å². The van der Waals surface area contributed by atoms with Crippen LogP contribution in [0.2, 0.25) is 0 Å². The Hall–Kier alpha value is -1.43. The summed E-state index contributed by atoms with van der Waals surface area (Å²) in [4.78, 5) is 16.1. The molecule has 0 saturated heterocycles. The van der Waals surface area contributed by atoms with Gasteiger partial charge in [-0.2, -0.15) is 4.98 Å². The zero-order chi connectivity index (χ0) is 15.6. The maximum absolute atomic E-state index is 11.8. The molecule has 0 aliphatic rings. The Bertz CT molecular complexity index is 455. The van der Waals surface area contributed by atoms with Crippen LogP contribution < -0.4 is 5.32 Å². The first-order valence-electron chi connectivity index (χ1n) is 6.70. The van der Waals surface area contributed by atoms with Gasteiger partial charge in [-0.3, -0.25) is 10.1 Å². The maximum Gasteiger partial charge on any atom is 0.323 e. The first-order chi connectivity index (χ1) is 9.05. The number of hydrogen-bond acceptors (Lipinski definition) is 6. The molecule has 6 nitrogen and oxygen atoms in total. The highest BCUT2D eigenvalue weighted by atomic mass is 16.5. The molecule has 1 heterocycles. The average Bonchev–Trinajstić information content (AvgIpc) is 2.75. The second-order valence-corrected chi connectivity index (χ2v) is 6.97. The molecular weight excluding hydrogens is 258 g/mol. The lowest BCUT2D eigenvalue weighted by Gasteiger charge is -2.28. The third kappa shape index (κ3) is 4.30. The molecule has 6 heteroatoms. The summed E-state index contributed by atoms with van der Waals surface area (Å²) < 4.78 is 10.0. The van der Waals surface area contributed by atoms with Gasteiger partial charge < -0.3 is 9.26 Å². The van der Waals surface area contributed by atoms with Crippen molar-refractivity contribution in [1.82, 2.24) is 15.5 Å². The molecule has 0 spiro atoms. The number of esters is 1. The van der Waals surface area contributed by atoms with E-state index in [4.69, 9.17) is 9.26 Å². The molecule has 0 amide bonds. The zero-order valence-corrected chi connectivity index (χ0v) is 13.4. The van der Waals surface area contributed by atoms with Crippen LogP contribution in [-0.2, 0) is 21.5 Å². The van der Waals surface area contributed by atoms with Crippen molar-refractivity contribution in [3.05, 3.63) is 11.7 Å². The molecule has 0 aliphatic heterocycles. The van der Waals surface area contributed by atoms with E-state index in [1.807, 2.05) is 41.5 Å². The molecular formula is C14H25N3O3. The van der Waals surface area contributed by atoms with E-state index in [1.54, 1.807) is 0 Å². The molecule has 114 valence electrons. The highest BCUT2D eigenvalue weighted by Gasteiger charge is 2.32. The lowest BCUT2D eigenvalue weighted by Crippen LogP contribution is -2.46. The summed E-state index contributed by atoms with van der Waals surface area (Å²) in [7, 11) is 1.38. The Kier molecular flexibility index (Phi) is 4.91. The van der Waals surface area contributed by atoms with E-state index in [1.165, 1.54) is 7.11 Å². The van der Waals surface area contributed by atoms with Crippen LogP contribution in [0.4, 0.5) is 0 Å². The summed E-state index contributed by atoms with van der Waals surface area (Å²) in [5.41, 5.74) is -0.444. The third-order valence-electron chi connectivity index (χ3n) is 2.88. The topological polar surface area (TPSA) is 77.2 Å². The van der Waals surface area contributed by atoms with Gasteiger partial charge in [0, 0.05) is 5.41 Å². The van der Waals surface area contributed by atoms with Crippen molar-refractivity contribution < 1.29 is 14.1 Å². The summed E-state index contributed by atoms with van der Waals surface area (Å²) in [6.45, 7) is 12.3. The predicted octanol–water partition coefficient (Wildman–Crippen LogP) is 2.04. The number of ether oxygens (including phenoxy) is 1. The fourth-order valence-corrected chi connectivity index (χ4v) is 1.68. The number of hydrogen-bond donors (Lipinski definition) is 1. The van der Waals surface area contributed by atoms with E-state index in [0.717, 1.165) is 0 Å². The van der Waals surface area contributed by atoms with Crippen molar-refractivity contribution in [3.63, 3.8) is 0 Å². The van der Waals surface area contributed by atoms with Gasteiger partial charge in [-0.1, -0.05) is 46.7 Å². The molecule has 1 rings (SSSR count). The van der Waals surface area contributed by atoms with Gasteiger partial charge in [-0.05, 0) is 5.41 Å². The normalized spacial score (nSPS) is 14.2. The smallest absolute Gasteiger partial charge is 0.323 e. The van der Waals surface area contributed by atoms with Crippen molar-refractivity contribution in [1.29, 1.82) is 0 Å². The van der Waals surface area contributed by atoms with Crippen molar-refractivity contribution in [2.45, 2.75) is 59.5 Å². The summed E-state index contributed by atoms with van der Waals surface area (Å²) in [5, 5.41) is 7.05. The van der Waals surface area contributed by atoms with Gasteiger partial charge in [0.25, 0.3) is 0 Å². The fraction of sp³-hybridized carbons (Fsp3) is 0.786. The van der Waals surface area contributed by atoms with Gasteiger partial charge in [0.2, 0.25) is 5.89 Å². The van der Waals surface area contributed by atoms with Crippen LogP contribution in [0.3, 0.4) is 0 Å². The first kappa shape index (κ1) is 16.6.